The van der Waals surface area contributed by atoms with Crippen LogP contribution < -0.4 is 4.74 Å². The molecule has 3 heteroatoms. The number of hydrogen-bond acceptors (Lipinski definition) is 3. The lowest BCUT2D eigenvalue weighted by atomic mass is 9.96. The summed E-state index contributed by atoms with van der Waals surface area (Å²) in [5.41, 5.74) is 1.11. The zero-order chi connectivity index (χ0) is 9.97. The third-order valence-corrected chi connectivity index (χ3v) is 2.59. The van der Waals surface area contributed by atoms with Crippen molar-refractivity contribution < 1.29 is 14.6 Å². The van der Waals surface area contributed by atoms with E-state index in [1.165, 1.54) is 0 Å². The zero-order valence-electron chi connectivity index (χ0n) is 8.14. The summed E-state index contributed by atoms with van der Waals surface area (Å²) in [6, 6.07) is 7.75. The molecule has 0 saturated carbocycles. The van der Waals surface area contributed by atoms with Gasteiger partial charge in [-0.05, 0) is 17.7 Å². The van der Waals surface area contributed by atoms with Gasteiger partial charge in [-0.15, -0.1) is 0 Å². The third-order valence-electron chi connectivity index (χ3n) is 2.59. The number of aliphatic hydroxyl groups excluding tert-OH is 1. The van der Waals surface area contributed by atoms with Crippen molar-refractivity contribution in [3.63, 3.8) is 0 Å². The van der Waals surface area contributed by atoms with E-state index >= 15 is 0 Å². The Hall–Kier alpha value is -1.06. The predicted molar refractivity (Wildman–Crippen MR) is 52.6 cm³/mol. The largest absolute Gasteiger partial charge is 0.497 e. The van der Waals surface area contributed by atoms with Crippen LogP contribution in [0.2, 0.25) is 0 Å². The summed E-state index contributed by atoms with van der Waals surface area (Å²) in [4.78, 5) is 0. The van der Waals surface area contributed by atoms with E-state index in [1.807, 2.05) is 24.3 Å². The first-order valence-corrected chi connectivity index (χ1v) is 4.71. The van der Waals surface area contributed by atoms with Crippen molar-refractivity contribution in [1.82, 2.24) is 0 Å². The normalized spacial score (nSPS) is 26.4. The first-order valence-electron chi connectivity index (χ1n) is 4.71. The smallest absolute Gasteiger partial charge is 0.118 e. The number of aliphatic hydroxyl groups is 1. The maximum absolute atomic E-state index is 9.61. The molecule has 1 fully saturated rings. The Kier molecular flexibility index (Phi) is 2.70. The summed E-state index contributed by atoms with van der Waals surface area (Å²) in [6.45, 7) is 1.05. The van der Waals surface area contributed by atoms with Gasteiger partial charge < -0.3 is 14.6 Å². The number of methoxy groups -OCH3 is 1. The second-order valence-corrected chi connectivity index (χ2v) is 3.48. The first kappa shape index (κ1) is 9.49. The molecule has 0 aromatic heterocycles. The Morgan fingerprint density at radius 2 is 2.00 bits per heavy atom. The van der Waals surface area contributed by atoms with Gasteiger partial charge >= 0.3 is 0 Å². The van der Waals surface area contributed by atoms with Crippen molar-refractivity contribution in [3.05, 3.63) is 29.8 Å². The van der Waals surface area contributed by atoms with E-state index in [1.54, 1.807) is 7.11 Å². The molecule has 14 heavy (non-hydrogen) atoms. The second-order valence-electron chi connectivity index (χ2n) is 3.48. The van der Waals surface area contributed by atoms with Crippen LogP contribution in [-0.4, -0.2) is 31.5 Å². The number of benzene rings is 1. The molecule has 2 atom stereocenters. The molecule has 0 amide bonds. The molecule has 2 rings (SSSR count). The second kappa shape index (κ2) is 3.98. The molecule has 1 N–H and O–H groups in total. The van der Waals surface area contributed by atoms with Crippen molar-refractivity contribution in [2.75, 3.05) is 20.3 Å². The average Bonchev–Trinajstić information content (AvgIpc) is 2.65. The van der Waals surface area contributed by atoms with Crippen LogP contribution in [0.25, 0.3) is 0 Å². The highest BCUT2D eigenvalue weighted by atomic mass is 16.5. The van der Waals surface area contributed by atoms with Crippen LogP contribution in [0.3, 0.4) is 0 Å². The van der Waals surface area contributed by atoms with Crippen LogP contribution >= 0.6 is 0 Å². The lowest BCUT2D eigenvalue weighted by molar-refractivity contribution is 0.124. The molecule has 1 aromatic carbocycles. The number of hydrogen-bond donors (Lipinski definition) is 1. The van der Waals surface area contributed by atoms with Crippen LogP contribution in [0.1, 0.15) is 11.5 Å². The Morgan fingerprint density at radius 1 is 1.29 bits per heavy atom. The van der Waals surface area contributed by atoms with Gasteiger partial charge in [-0.3, -0.25) is 0 Å². The molecule has 1 aliphatic rings. The third kappa shape index (κ3) is 1.74. The van der Waals surface area contributed by atoms with E-state index in [9.17, 15) is 5.11 Å². The lowest BCUT2D eigenvalue weighted by Crippen LogP contribution is -2.15. The maximum Gasteiger partial charge on any atom is 0.118 e. The van der Waals surface area contributed by atoms with Crippen LogP contribution in [-0.2, 0) is 4.74 Å². The summed E-state index contributed by atoms with van der Waals surface area (Å²) < 4.78 is 10.3. The fourth-order valence-corrected chi connectivity index (χ4v) is 1.71. The van der Waals surface area contributed by atoms with E-state index < -0.39 is 0 Å². The summed E-state index contributed by atoms with van der Waals surface area (Å²) in [6.07, 6.45) is -0.372. The molecular formula is C11H14O3. The van der Waals surface area contributed by atoms with Crippen molar-refractivity contribution in [2.45, 2.75) is 12.0 Å². The molecule has 76 valence electrons. The molecule has 0 radical (unpaired) electrons. The van der Waals surface area contributed by atoms with Gasteiger partial charge in [0.1, 0.15) is 5.75 Å². The molecule has 0 bridgehead atoms. The lowest BCUT2D eigenvalue weighted by Gasteiger charge is -2.12. The Labute approximate surface area is 83.3 Å². The molecule has 2 unspecified atom stereocenters. The van der Waals surface area contributed by atoms with Gasteiger partial charge in [-0.25, -0.2) is 0 Å². The molecular weight excluding hydrogens is 180 g/mol. The molecule has 1 aromatic rings. The predicted octanol–water partition coefficient (Wildman–Crippen LogP) is 1.17. The molecule has 1 heterocycles. The van der Waals surface area contributed by atoms with Gasteiger partial charge in [0.25, 0.3) is 0 Å². The van der Waals surface area contributed by atoms with E-state index in [-0.39, 0.29) is 12.0 Å². The van der Waals surface area contributed by atoms with Crippen molar-refractivity contribution in [3.8, 4) is 5.75 Å². The summed E-state index contributed by atoms with van der Waals surface area (Å²) in [7, 11) is 1.64. The Balaban J connectivity index is 2.16. The molecule has 1 saturated heterocycles. The fraction of sp³-hybridized carbons (Fsp3) is 0.455. The average molecular weight is 194 g/mol. The highest BCUT2D eigenvalue weighted by Gasteiger charge is 2.27. The van der Waals surface area contributed by atoms with E-state index in [2.05, 4.69) is 0 Å². The monoisotopic (exact) mass is 194 g/mol. The Morgan fingerprint density at radius 3 is 2.50 bits per heavy atom. The van der Waals surface area contributed by atoms with Crippen molar-refractivity contribution >= 4 is 0 Å². The van der Waals surface area contributed by atoms with Gasteiger partial charge in [0.2, 0.25) is 0 Å². The first-order chi connectivity index (χ1) is 6.81. The van der Waals surface area contributed by atoms with Gasteiger partial charge in [-0.2, -0.15) is 0 Å². The van der Waals surface area contributed by atoms with E-state index in [0.29, 0.717) is 13.2 Å². The summed E-state index contributed by atoms with van der Waals surface area (Å²) >= 11 is 0. The minimum Gasteiger partial charge on any atom is -0.497 e. The Bertz CT molecular complexity index is 294. The topological polar surface area (TPSA) is 38.7 Å². The van der Waals surface area contributed by atoms with E-state index in [0.717, 1.165) is 11.3 Å². The quantitative estimate of drug-likeness (QED) is 0.768. The van der Waals surface area contributed by atoms with Crippen molar-refractivity contribution in [2.24, 2.45) is 0 Å². The van der Waals surface area contributed by atoms with E-state index in [4.69, 9.17) is 9.47 Å². The fourth-order valence-electron chi connectivity index (χ4n) is 1.71. The molecule has 3 nitrogen and oxygen atoms in total. The number of rotatable bonds is 2. The maximum atomic E-state index is 9.61. The minimum absolute atomic E-state index is 0.112. The molecule has 0 spiro atoms. The van der Waals surface area contributed by atoms with Crippen LogP contribution in [0, 0.1) is 0 Å². The minimum atomic E-state index is -0.372. The van der Waals surface area contributed by atoms with Crippen LogP contribution in [0.5, 0.6) is 5.75 Å². The SMILES string of the molecule is COc1ccc(C2COCC2O)cc1. The summed E-state index contributed by atoms with van der Waals surface area (Å²) in [5.74, 6) is 0.947. The van der Waals surface area contributed by atoms with Crippen molar-refractivity contribution in [1.29, 1.82) is 0 Å². The highest BCUT2D eigenvalue weighted by Crippen LogP contribution is 2.26. The van der Waals surface area contributed by atoms with Crippen LogP contribution in [0.4, 0.5) is 0 Å². The van der Waals surface area contributed by atoms with Crippen LogP contribution in [0.15, 0.2) is 24.3 Å². The number of ether oxygens (including phenoxy) is 2. The van der Waals surface area contributed by atoms with Gasteiger partial charge in [0.15, 0.2) is 0 Å². The van der Waals surface area contributed by atoms with Gasteiger partial charge in [0, 0.05) is 5.92 Å². The highest BCUT2D eigenvalue weighted by molar-refractivity contribution is 5.30. The zero-order valence-corrected chi connectivity index (χ0v) is 8.14. The van der Waals surface area contributed by atoms with Gasteiger partial charge in [-0.1, -0.05) is 12.1 Å². The standard InChI is InChI=1S/C11H14O3/c1-13-9-4-2-8(3-5-9)10-6-14-7-11(10)12/h2-5,10-12H,6-7H2,1H3. The van der Waals surface area contributed by atoms with Gasteiger partial charge in [0.05, 0.1) is 26.4 Å². The molecule has 0 aliphatic carbocycles. The summed E-state index contributed by atoms with van der Waals surface area (Å²) in [5, 5.41) is 9.61. The molecule has 1 aliphatic heterocycles.